The molecule has 0 aromatic heterocycles. The minimum absolute atomic E-state index is 0.473. The van der Waals surface area contributed by atoms with Crippen LogP contribution in [0, 0.1) is 0 Å². The molecule has 0 bridgehead atoms. The Kier molecular flexibility index (Phi) is 2.33. The third-order valence-electron chi connectivity index (χ3n) is 0.110. The average molecular weight is 188 g/mol. The second-order valence-corrected chi connectivity index (χ2v) is 1.11. The van der Waals surface area contributed by atoms with E-state index in [-0.39, 0.29) is 0 Å². The molecular formula is CH4N2OTe. The van der Waals surface area contributed by atoms with Crippen LogP contribution in [-0.4, -0.2) is 28.6 Å². The molecule has 0 radical (unpaired) electrons. The molecule has 0 aromatic carbocycles. The molecule has 3 N–H and O–H groups in total. The molecular weight excluding hydrogens is 184 g/mol. The molecule has 0 aliphatic carbocycles. The Labute approximate surface area is 43.2 Å². The van der Waals surface area contributed by atoms with Crippen molar-refractivity contribution >= 4 is 28.6 Å². The van der Waals surface area contributed by atoms with Crippen molar-refractivity contribution in [2.75, 3.05) is 0 Å². The fraction of sp³-hybridized carbons (Fsp3) is 0. The zero-order chi connectivity index (χ0) is 4.28. The monoisotopic (exact) mass is 190 g/mol. The van der Waals surface area contributed by atoms with Gasteiger partial charge in [-0.15, -0.1) is 0 Å². The Balaban J connectivity index is 2.85. The van der Waals surface area contributed by atoms with Gasteiger partial charge in [0.25, 0.3) is 0 Å². The molecule has 30 valence electrons. The van der Waals surface area contributed by atoms with Crippen LogP contribution >= 0.6 is 0 Å². The van der Waals surface area contributed by atoms with E-state index in [4.69, 9.17) is 0 Å². The van der Waals surface area contributed by atoms with Crippen LogP contribution in [0.3, 0.4) is 0 Å². The molecule has 0 aromatic rings. The maximum atomic E-state index is 9.49. The fourth-order valence-electron chi connectivity index (χ4n) is 0. The number of hydrogen-bond donors (Lipinski definition) is 2. The van der Waals surface area contributed by atoms with Gasteiger partial charge in [0.05, 0.1) is 0 Å². The molecule has 0 unspecified atom stereocenters. The van der Waals surface area contributed by atoms with E-state index >= 15 is 0 Å². The first-order valence-corrected chi connectivity index (χ1v) is 2.24. The van der Waals surface area contributed by atoms with E-state index in [1.54, 1.807) is 0 Å². The summed E-state index contributed by atoms with van der Waals surface area (Å²) < 4.78 is 2.22. The van der Waals surface area contributed by atoms with Crippen LogP contribution in [0.2, 0.25) is 0 Å². The van der Waals surface area contributed by atoms with Crippen LogP contribution < -0.4 is 9.30 Å². The van der Waals surface area contributed by atoms with Crippen LogP contribution in [0.4, 0.5) is 4.79 Å². The van der Waals surface area contributed by atoms with E-state index in [9.17, 15) is 4.79 Å². The van der Waals surface area contributed by atoms with Crippen molar-refractivity contribution < 1.29 is 4.79 Å². The Hall–Kier alpha value is 0.0596. The Morgan fingerprint density at radius 1 is 2.00 bits per heavy atom. The van der Waals surface area contributed by atoms with E-state index in [1.807, 2.05) is 0 Å². The number of urea groups is 1. The number of nitrogens with one attached hydrogen (secondary N) is 1. The quantitative estimate of drug-likeness (QED) is 0.445. The Morgan fingerprint density at radius 2 is 2.20 bits per heavy atom. The summed E-state index contributed by atoms with van der Waals surface area (Å²) in [7, 11) is 0. The second kappa shape index (κ2) is 2.31. The van der Waals surface area contributed by atoms with Gasteiger partial charge in [0.2, 0.25) is 0 Å². The molecule has 0 atom stereocenters. The molecule has 0 saturated carbocycles. The molecule has 0 rings (SSSR count). The summed E-state index contributed by atoms with van der Waals surface area (Å²) in [5.41, 5.74) is 4.55. The Bertz CT molecular complexity index is 44.9. The molecule has 0 spiro atoms. The zero-order valence-electron chi connectivity index (χ0n) is 2.43. The Morgan fingerprint density at radius 3 is 2.20 bits per heavy atom. The predicted octanol–water partition coefficient (Wildman–Crippen LogP) is -1.53. The number of hydrogen-bond acceptors (Lipinski definition) is 1. The summed E-state index contributed by atoms with van der Waals surface area (Å²) >= 11 is 1.18. The van der Waals surface area contributed by atoms with Crippen LogP contribution in [0.15, 0.2) is 0 Å². The third kappa shape index (κ3) is 4.06. The first kappa shape index (κ1) is 5.06. The van der Waals surface area contributed by atoms with Gasteiger partial charge in [0.1, 0.15) is 0 Å². The first-order chi connectivity index (χ1) is 2.27. The van der Waals surface area contributed by atoms with Crippen molar-refractivity contribution in [1.82, 2.24) is 3.57 Å². The van der Waals surface area contributed by atoms with Gasteiger partial charge in [-0.25, -0.2) is 0 Å². The summed E-state index contributed by atoms with van der Waals surface area (Å²) in [6, 6.07) is -0.473. The van der Waals surface area contributed by atoms with Gasteiger partial charge in [-0.1, -0.05) is 0 Å². The second-order valence-electron chi connectivity index (χ2n) is 0.476. The summed E-state index contributed by atoms with van der Waals surface area (Å²) in [6.07, 6.45) is 0. The molecule has 0 fully saturated rings. The first-order valence-electron chi connectivity index (χ1n) is 0.966. The molecule has 2 amide bonds. The van der Waals surface area contributed by atoms with Crippen LogP contribution in [-0.2, 0) is 0 Å². The van der Waals surface area contributed by atoms with Crippen molar-refractivity contribution in [1.29, 1.82) is 0 Å². The SMILES string of the molecule is NC(=O)N[TeH]. The molecule has 0 saturated heterocycles. The van der Waals surface area contributed by atoms with Crippen LogP contribution in [0.1, 0.15) is 0 Å². The number of amides is 2. The van der Waals surface area contributed by atoms with Gasteiger partial charge in [-0.2, -0.15) is 0 Å². The van der Waals surface area contributed by atoms with E-state index in [1.165, 1.54) is 22.6 Å². The number of carbonyl (C=O) groups is 1. The van der Waals surface area contributed by atoms with Crippen molar-refractivity contribution in [2.45, 2.75) is 0 Å². The normalized spacial score (nSPS) is 6.60. The minimum atomic E-state index is -0.473. The van der Waals surface area contributed by atoms with Crippen molar-refractivity contribution in [2.24, 2.45) is 5.73 Å². The van der Waals surface area contributed by atoms with Crippen LogP contribution in [0.5, 0.6) is 0 Å². The number of nitrogens with two attached hydrogens (primary N) is 1. The summed E-state index contributed by atoms with van der Waals surface area (Å²) in [5.74, 6) is 0. The zero-order valence-corrected chi connectivity index (χ0v) is 4.99. The number of carbonyl (C=O) groups excluding carboxylic acids is 1. The predicted molar refractivity (Wildman–Crippen MR) is 19.9 cm³/mol. The van der Waals surface area contributed by atoms with Crippen molar-refractivity contribution in [3.63, 3.8) is 0 Å². The van der Waals surface area contributed by atoms with Gasteiger partial charge in [-0.05, 0) is 0 Å². The molecule has 4 heteroatoms. The third-order valence-corrected chi connectivity index (χ3v) is 0.739. The standard InChI is InChI=1S/CH4N2OTe/c2-1(4)3-5/h5H,(H3,2,3,4). The molecule has 5 heavy (non-hydrogen) atoms. The van der Waals surface area contributed by atoms with Gasteiger partial charge in [0.15, 0.2) is 0 Å². The van der Waals surface area contributed by atoms with Crippen molar-refractivity contribution in [3.05, 3.63) is 0 Å². The maximum absolute atomic E-state index is 9.49. The van der Waals surface area contributed by atoms with E-state index in [2.05, 4.69) is 9.30 Å². The van der Waals surface area contributed by atoms with E-state index in [0.717, 1.165) is 0 Å². The molecule has 0 aliphatic rings. The van der Waals surface area contributed by atoms with Gasteiger partial charge < -0.3 is 0 Å². The number of primary amides is 1. The fourth-order valence-corrected chi connectivity index (χ4v) is 0. The van der Waals surface area contributed by atoms with Gasteiger partial charge in [0, 0.05) is 0 Å². The summed E-state index contributed by atoms with van der Waals surface area (Å²) in [4.78, 5) is 9.49. The molecule has 0 heterocycles. The number of rotatable bonds is 0. The van der Waals surface area contributed by atoms with E-state index < -0.39 is 6.03 Å². The summed E-state index contributed by atoms with van der Waals surface area (Å²) in [6.45, 7) is 0. The van der Waals surface area contributed by atoms with Gasteiger partial charge in [-0.3, -0.25) is 0 Å². The molecule has 3 nitrogen and oxygen atoms in total. The molecule has 0 aliphatic heterocycles. The van der Waals surface area contributed by atoms with Crippen LogP contribution in [0.25, 0.3) is 0 Å². The van der Waals surface area contributed by atoms with Crippen molar-refractivity contribution in [3.8, 4) is 0 Å². The van der Waals surface area contributed by atoms with Gasteiger partial charge >= 0.3 is 42.7 Å². The topological polar surface area (TPSA) is 55.1 Å². The summed E-state index contributed by atoms with van der Waals surface area (Å²) in [5, 5.41) is 0. The van der Waals surface area contributed by atoms with E-state index in [0.29, 0.717) is 0 Å². The average Bonchev–Trinajstić information content (AvgIpc) is 1.38.